The molecule has 6 heteroatoms. The Morgan fingerprint density at radius 3 is 2.75 bits per heavy atom. The van der Waals surface area contributed by atoms with Crippen LogP contribution in [0, 0.1) is 11.8 Å². The summed E-state index contributed by atoms with van der Waals surface area (Å²) in [6.45, 7) is 2.27. The number of hydrogen-bond donors (Lipinski definition) is 3. The highest BCUT2D eigenvalue weighted by Crippen LogP contribution is 2.30. The number of hydrogen-bond acceptors (Lipinski definition) is 4. The van der Waals surface area contributed by atoms with E-state index in [0.29, 0.717) is 6.04 Å². The standard InChI is InChI=1S/C30H41N5O/c1-2-21-8-6-10-23(16-14-21)30(36)33-25-13-7-9-22(20-25)15-17-26-28-27(35-34-26)18-19-31-29(28)32-24-11-4-3-5-12-24/h7,9,13,18-21,23-24H,2-6,8,10-12,14-17H2,1H3,(H,31,32)(H,33,36)(H,34,35). The highest BCUT2D eigenvalue weighted by molar-refractivity contribution is 5.93. The smallest absolute Gasteiger partial charge is 0.227 e. The van der Waals surface area contributed by atoms with E-state index in [1.165, 1.54) is 63.4 Å². The van der Waals surface area contributed by atoms with E-state index >= 15 is 0 Å². The van der Waals surface area contributed by atoms with Gasteiger partial charge < -0.3 is 10.6 Å². The molecule has 0 spiro atoms. The molecule has 3 aromatic rings. The molecule has 2 aliphatic rings. The Kier molecular flexibility index (Phi) is 8.19. The van der Waals surface area contributed by atoms with Crippen LogP contribution in [0.25, 0.3) is 10.9 Å². The highest BCUT2D eigenvalue weighted by Gasteiger charge is 2.23. The first kappa shape index (κ1) is 24.8. The fraction of sp³-hybridized carbons (Fsp3) is 0.567. The predicted octanol–water partition coefficient (Wildman–Crippen LogP) is 7.03. The molecule has 2 atom stereocenters. The number of pyridine rings is 1. The van der Waals surface area contributed by atoms with E-state index in [1.54, 1.807) is 0 Å². The van der Waals surface area contributed by atoms with E-state index in [0.717, 1.165) is 59.7 Å². The number of aryl methyl sites for hydroxylation is 2. The van der Waals surface area contributed by atoms with Crippen molar-refractivity contribution in [3.63, 3.8) is 0 Å². The Morgan fingerprint density at radius 1 is 1.00 bits per heavy atom. The molecule has 2 heterocycles. The van der Waals surface area contributed by atoms with Crippen molar-refractivity contribution in [1.29, 1.82) is 0 Å². The minimum Gasteiger partial charge on any atom is -0.367 e. The van der Waals surface area contributed by atoms with Crippen molar-refractivity contribution < 1.29 is 4.79 Å². The number of carbonyl (C=O) groups excluding carboxylic acids is 1. The average Bonchev–Trinajstić information content (AvgIpc) is 3.17. The summed E-state index contributed by atoms with van der Waals surface area (Å²) in [5.41, 5.74) is 4.21. The summed E-state index contributed by atoms with van der Waals surface area (Å²) in [5.74, 6) is 2.08. The summed E-state index contributed by atoms with van der Waals surface area (Å²) in [7, 11) is 0. The molecule has 1 amide bonds. The van der Waals surface area contributed by atoms with Gasteiger partial charge in [-0.2, -0.15) is 5.10 Å². The Labute approximate surface area is 215 Å². The second-order valence-corrected chi connectivity index (χ2v) is 10.9. The molecule has 6 nitrogen and oxygen atoms in total. The van der Waals surface area contributed by atoms with Crippen molar-refractivity contribution in [2.45, 2.75) is 96.4 Å². The van der Waals surface area contributed by atoms with Crippen molar-refractivity contribution in [3.8, 4) is 0 Å². The minimum absolute atomic E-state index is 0.143. The normalized spacial score (nSPS) is 21.2. The lowest BCUT2D eigenvalue weighted by Crippen LogP contribution is -2.23. The van der Waals surface area contributed by atoms with Gasteiger partial charge in [0.2, 0.25) is 5.91 Å². The van der Waals surface area contributed by atoms with Crippen LogP contribution in [-0.4, -0.2) is 27.1 Å². The van der Waals surface area contributed by atoms with Gasteiger partial charge >= 0.3 is 0 Å². The largest absolute Gasteiger partial charge is 0.367 e. The fourth-order valence-electron chi connectivity index (χ4n) is 6.12. The zero-order chi connectivity index (χ0) is 24.7. The molecule has 36 heavy (non-hydrogen) atoms. The zero-order valence-electron chi connectivity index (χ0n) is 21.7. The Morgan fingerprint density at radius 2 is 1.89 bits per heavy atom. The monoisotopic (exact) mass is 487 g/mol. The van der Waals surface area contributed by atoms with Crippen LogP contribution < -0.4 is 10.6 Å². The third-order valence-electron chi connectivity index (χ3n) is 8.38. The molecule has 0 saturated heterocycles. The van der Waals surface area contributed by atoms with Gasteiger partial charge in [0.25, 0.3) is 0 Å². The lowest BCUT2D eigenvalue weighted by molar-refractivity contribution is -0.120. The number of fused-ring (bicyclic) bond motifs is 1. The molecule has 5 rings (SSSR count). The van der Waals surface area contributed by atoms with E-state index in [1.807, 2.05) is 24.4 Å². The Hall–Kier alpha value is -2.89. The molecule has 2 aromatic heterocycles. The van der Waals surface area contributed by atoms with Crippen LogP contribution in [-0.2, 0) is 17.6 Å². The summed E-state index contributed by atoms with van der Waals surface area (Å²) in [6.07, 6.45) is 16.8. The Balaban J connectivity index is 1.22. The van der Waals surface area contributed by atoms with Gasteiger partial charge in [-0.15, -0.1) is 0 Å². The molecule has 1 aromatic carbocycles. The van der Waals surface area contributed by atoms with E-state index in [4.69, 9.17) is 0 Å². The number of anilines is 2. The molecule has 0 aliphatic heterocycles. The molecular formula is C30H41N5O. The molecule has 2 unspecified atom stereocenters. The molecule has 0 bridgehead atoms. The molecule has 0 radical (unpaired) electrons. The van der Waals surface area contributed by atoms with Crippen LogP contribution in [0.3, 0.4) is 0 Å². The number of nitrogens with one attached hydrogen (secondary N) is 3. The SMILES string of the molecule is CCC1CCCC(C(=O)Nc2cccc(CCc3[nH]nc4ccnc(NC5CCCCC5)c34)c2)CC1. The van der Waals surface area contributed by atoms with Gasteiger partial charge in [0, 0.05) is 29.5 Å². The van der Waals surface area contributed by atoms with Gasteiger partial charge in [-0.3, -0.25) is 9.89 Å². The summed E-state index contributed by atoms with van der Waals surface area (Å²) < 4.78 is 0. The summed E-state index contributed by atoms with van der Waals surface area (Å²) in [6, 6.07) is 10.8. The van der Waals surface area contributed by atoms with Crippen molar-refractivity contribution in [1.82, 2.24) is 15.2 Å². The van der Waals surface area contributed by atoms with E-state index < -0.39 is 0 Å². The van der Waals surface area contributed by atoms with Gasteiger partial charge in [0.1, 0.15) is 5.82 Å². The summed E-state index contributed by atoms with van der Waals surface area (Å²) in [5, 5.41) is 15.8. The van der Waals surface area contributed by atoms with Gasteiger partial charge in [0.15, 0.2) is 0 Å². The maximum absolute atomic E-state index is 13.0. The zero-order valence-corrected chi connectivity index (χ0v) is 21.7. The first-order valence-corrected chi connectivity index (χ1v) is 14.2. The van der Waals surface area contributed by atoms with Gasteiger partial charge in [-0.1, -0.05) is 57.6 Å². The minimum atomic E-state index is 0.143. The summed E-state index contributed by atoms with van der Waals surface area (Å²) >= 11 is 0. The lowest BCUT2D eigenvalue weighted by atomic mass is 9.95. The number of benzene rings is 1. The number of carbonyl (C=O) groups is 1. The number of aromatic nitrogens is 3. The quantitative estimate of drug-likeness (QED) is 0.298. The molecule has 2 aliphatic carbocycles. The number of aromatic amines is 1. The Bertz CT molecular complexity index is 1150. The van der Waals surface area contributed by atoms with Crippen LogP contribution in [0.1, 0.15) is 88.8 Å². The maximum atomic E-state index is 13.0. The van der Waals surface area contributed by atoms with Crippen LogP contribution in [0.15, 0.2) is 36.5 Å². The van der Waals surface area contributed by atoms with E-state index in [-0.39, 0.29) is 11.8 Å². The summed E-state index contributed by atoms with van der Waals surface area (Å²) in [4.78, 5) is 17.7. The first-order chi connectivity index (χ1) is 17.7. The second-order valence-electron chi connectivity index (χ2n) is 10.9. The molecular weight excluding hydrogens is 446 g/mol. The van der Waals surface area contributed by atoms with Crippen molar-refractivity contribution in [3.05, 3.63) is 47.8 Å². The lowest BCUT2D eigenvalue weighted by Gasteiger charge is -2.23. The second kappa shape index (κ2) is 11.9. The number of nitrogens with zero attached hydrogens (tertiary/aromatic N) is 2. The highest BCUT2D eigenvalue weighted by atomic mass is 16.1. The van der Waals surface area contributed by atoms with Gasteiger partial charge in [-0.05, 0) is 74.6 Å². The van der Waals surface area contributed by atoms with Crippen LogP contribution in [0.4, 0.5) is 11.5 Å². The first-order valence-electron chi connectivity index (χ1n) is 14.2. The van der Waals surface area contributed by atoms with Gasteiger partial charge in [-0.25, -0.2) is 4.98 Å². The third-order valence-corrected chi connectivity index (χ3v) is 8.38. The molecule has 2 saturated carbocycles. The van der Waals surface area contributed by atoms with Crippen molar-refractivity contribution in [2.24, 2.45) is 11.8 Å². The van der Waals surface area contributed by atoms with Crippen molar-refractivity contribution >= 4 is 28.3 Å². The predicted molar refractivity (Wildman–Crippen MR) is 147 cm³/mol. The fourth-order valence-corrected chi connectivity index (χ4v) is 6.12. The molecule has 3 N–H and O–H groups in total. The van der Waals surface area contributed by atoms with Gasteiger partial charge in [0.05, 0.1) is 10.9 Å². The third kappa shape index (κ3) is 6.08. The topological polar surface area (TPSA) is 82.7 Å². The van der Waals surface area contributed by atoms with Crippen LogP contribution in [0.5, 0.6) is 0 Å². The maximum Gasteiger partial charge on any atom is 0.227 e. The van der Waals surface area contributed by atoms with Crippen LogP contribution >= 0.6 is 0 Å². The molecule has 192 valence electrons. The average molecular weight is 488 g/mol. The number of amides is 1. The molecule has 2 fully saturated rings. The van der Waals surface area contributed by atoms with Crippen LogP contribution in [0.2, 0.25) is 0 Å². The van der Waals surface area contributed by atoms with E-state index in [9.17, 15) is 4.79 Å². The number of H-pyrrole nitrogens is 1. The number of rotatable bonds is 8. The van der Waals surface area contributed by atoms with Crippen molar-refractivity contribution in [2.75, 3.05) is 10.6 Å². The van der Waals surface area contributed by atoms with E-state index in [2.05, 4.69) is 44.9 Å².